The van der Waals surface area contributed by atoms with E-state index in [0.717, 1.165) is 24.4 Å². The van der Waals surface area contributed by atoms with Crippen LogP contribution in [0.2, 0.25) is 0 Å². The van der Waals surface area contributed by atoms with E-state index in [-0.39, 0.29) is 5.84 Å². The molecule has 0 spiro atoms. The van der Waals surface area contributed by atoms with E-state index in [4.69, 9.17) is 20.1 Å². The van der Waals surface area contributed by atoms with Crippen molar-refractivity contribution in [2.75, 3.05) is 13.2 Å². The first kappa shape index (κ1) is 14.0. The Hall–Kier alpha value is -2.47. The summed E-state index contributed by atoms with van der Waals surface area (Å²) in [5, 5.41) is 14.7. The van der Waals surface area contributed by atoms with E-state index in [1.165, 1.54) is 0 Å². The number of amidine groups is 1. The molecular weight excluding hydrogens is 258 g/mol. The van der Waals surface area contributed by atoms with Crippen molar-refractivity contribution >= 4 is 5.84 Å². The maximum Gasteiger partial charge on any atom is 0.170 e. The summed E-state index contributed by atoms with van der Waals surface area (Å²) in [4.78, 5) is 0. The van der Waals surface area contributed by atoms with Crippen molar-refractivity contribution in [3.05, 3.63) is 54.0 Å². The van der Waals surface area contributed by atoms with Crippen LogP contribution in [0.1, 0.15) is 11.1 Å². The zero-order chi connectivity index (χ0) is 14.2. The minimum absolute atomic E-state index is 0.0818. The number of hydrogen-bond acceptors (Lipinski definition) is 5. The number of benzene rings is 1. The van der Waals surface area contributed by atoms with Crippen LogP contribution in [0.4, 0.5) is 0 Å². The summed E-state index contributed by atoms with van der Waals surface area (Å²) in [6.07, 6.45) is 3.36. The molecule has 0 aliphatic carbocycles. The van der Waals surface area contributed by atoms with Crippen LogP contribution in [0.25, 0.3) is 0 Å². The molecule has 0 atom stereocenters. The van der Waals surface area contributed by atoms with Gasteiger partial charge in [-0.05, 0) is 30.3 Å². The van der Waals surface area contributed by atoms with E-state index < -0.39 is 0 Å². The minimum Gasteiger partial charge on any atom is -0.492 e. The van der Waals surface area contributed by atoms with Crippen LogP contribution in [0.5, 0.6) is 5.75 Å². The maximum absolute atomic E-state index is 8.55. The van der Waals surface area contributed by atoms with Gasteiger partial charge >= 0.3 is 0 Å². The first-order valence-electron chi connectivity index (χ1n) is 6.22. The molecule has 106 valence electrons. The highest BCUT2D eigenvalue weighted by Crippen LogP contribution is 2.11. The molecule has 2 aromatic rings. The molecule has 20 heavy (non-hydrogen) atoms. The number of nitrogens with one attached hydrogen (secondary N) is 1. The number of nitrogens with two attached hydrogens (primary N) is 1. The fraction of sp³-hybridized carbons (Fsp3) is 0.214. The van der Waals surface area contributed by atoms with Crippen molar-refractivity contribution in [2.24, 2.45) is 10.9 Å². The van der Waals surface area contributed by atoms with Gasteiger partial charge < -0.3 is 25.4 Å². The van der Waals surface area contributed by atoms with Crippen molar-refractivity contribution in [2.45, 2.75) is 6.54 Å². The van der Waals surface area contributed by atoms with Crippen molar-refractivity contribution < 1.29 is 14.4 Å². The largest absolute Gasteiger partial charge is 0.492 e. The van der Waals surface area contributed by atoms with Gasteiger partial charge in [-0.2, -0.15) is 0 Å². The molecule has 0 saturated heterocycles. The monoisotopic (exact) mass is 275 g/mol. The van der Waals surface area contributed by atoms with E-state index >= 15 is 0 Å². The molecular formula is C14H17N3O3. The van der Waals surface area contributed by atoms with Gasteiger partial charge in [-0.15, -0.1) is 0 Å². The fourth-order valence-corrected chi connectivity index (χ4v) is 1.65. The van der Waals surface area contributed by atoms with Gasteiger partial charge in [0.25, 0.3) is 0 Å². The lowest BCUT2D eigenvalue weighted by Gasteiger charge is -2.07. The summed E-state index contributed by atoms with van der Waals surface area (Å²) in [7, 11) is 0. The molecule has 6 nitrogen and oxygen atoms in total. The summed E-state index contributed by atoms with van der Waals surface area (Å²) in [6, 6.07) is 8.96. The fourth-order valence-electron chi connectivity index (χ4n) is 1.65. The topological polar surface area (TPSA) is 93.0 Å². The second-order valence-corrected chi connectivity index (χ2v) is 4.17. The van der Waals surface area contributed by atoms with Crippen LogP contribution in [0, 0.1) is 0 Å². The van der Waals surface area contributed by atoms with E-state index in [1.807, 2.05) is 6.07 Å². The molecule has 0 unspecified atom stereocenters. The average molecular weight is 275 g/mol. The Morgan fingerprint density at radius 2 is 2.10 bits per heavy atom. The van der Waals surface area contributed by atoms with E-state index in [0.29, 0.717) is 12.2 Å². The number of rotatable bonds is 7. The van der Waals surface area contributed by atoms with Crippen molar-refractivity contribution in [1.82, 2.24) is 5.32 Å². The van der Waals surface area contributed by atoms with Crippen LogP contribution < -0.4 is 15.8 Å². The number of furan rings is 1. The van der Waals surface area contributed by atoms with Gasteiger partial charge in [-0.25, -0.2) is 0 Å². The number of nitrogens with zero attached hydrogens (tertiary/aromatic N) is 1. The summed E-state index contributed by atoms with van der Waals surface area (Å²) in [5.74, 6) is 0.822. The summed E-state index contributed by atoms with van der Waals surface area (Å²) < 4.78 is 10.5. The highest BCUT2D eigenvalue weighted by atomic mass is 16.5. The molecule has 0 amide bonds. The molecule has 4 N–H and O–H groups in total. The Kier molecular flexibility index (Phi) is 5.02. The third-order valence-electron chi connectivity index (χ3n) is 2.71. The highest BCUT2D eigenvalue weighted by molar-refractivity contribution is 5.97. The lowest BCUT2D eigenvalue weighted by Crippen LogP contribution is -2.20. The lowest BCUT2D eigenvalue weighted by atomic mass is 10.2. The Balaban J connectivity index is 1.69. The zero-order valence-electron chi connectivity index (χ0n) is 11.0. The normalized spacial score (nSPS) is 11.5. The predicted molar refractivity (Wildman–Crippen MR) is 74.9 cm³/mol. The number of ether oxygens (including phenoxy) is 1. The Morgan fingerprint density at radius 3 is 2.75 bits per heavy atom. The maximum atomic E-state index is 8.55. The molecule has 1 heterocycles. The minimum atomic E-state index is 0.0818. The van der Waals surface area contributed by atoms with Crippen LogP contribution in [-0.2, 0) is 6.54 Å². The lowest BCUT2D eigenvalue weighted by molar-refractivity contribution is 0.313. The van der Waals surface area contributed by atoms with Crippen molar-refractivity contribution in [1.29, 1.82) is 0 Å². The number of oxime groups is 1. The van der Waals surface area contributed by atoms with Crippen LogP contribution >= 0.6 is 0 Å². The number of hydrogen-bond donors (Lipinski definition) is 3. The first-order valence-corrected chi connectivity index (χ1v) is 6.22. The van der Waals surface area contributed by atoms with Gasteiger partial charge in [-0.1, -0.05) is 5.16 Å². The molecule has 6 heteroatoms. The summed E-state index contributed by atoms with van der Waals surface area (Å²) in [6.45, 7) is 2.04. The van der Waals surface area contributed by atoms with E-state index in [9.17, 15) is 0 Å². The standard InChI is InChI=1S/C14H17N3O3/c15-14(17-18)12-1-3-13(4-2-12)20-8-6-16-9-11-5-7-19-10-11/h1-5,7,10,16,18H,6,8-9H2,(H2,15,17). The molecule has 0 aliphatic rings. The summed E-state index contributed by atoms with van der Waals surface area (Å²) >= 11 is 0. The highest BCUT2D eigenvalue weighted by Gasteiger charge is 1.99. The Bertz CT molecular complexity index is 535. The van der Waals surface area contributed by atoms with Crippen LogP contribution in [0.3, 0.4) is 0 Å². The van der Waals surface area contributed by atoms with Crippen molar-refractivity contribution in [3.63, 3.8) is 0 Å². The molecule has 1 aromatic heterocycles. The summed E-state index contributed by atoms with van der Waals surface area (Å²) in [5.41, 5.74) is 7.23. The third-order valence-corrected chi connectivity index (χ3v) is 2.71. The van der Waals surface area contributed by atoms with Gasteiger partial charge in [0.05, 0.1) is 12.5 Å². The van der Waals surface area contributed by atoms with Gasteiger partial charge in [0.2, 0.25) is 0 Å². The van der Waals surface area contributed by atoms with Gasteiger partial charge in [0.15, 0.2) is 5.84 Å². The molecule has 0 aliphatic heterocycles. The zero-order valence-corrected chi connectivity index (χ0v) is 11.0. The van der Waals surface area contributed by atoms with E-state index in [2.05, 4.69) is 10.5 Å². The molecule has 1 aromatic carbocycles. The molecule has 0 radical (unpaired) electrons. The van der Waals surface area contributed by atoms with Gasteiger partial charge in [-0.3, -0.25) is 0 Å². The average Bonchev–Trinajstić information content (AvgIpc) is 3.00. The molecule has 0 bridgehead atoms. The molecule has 0 saturated carbocycles. The SMILES string of the molecule is N/C(=N/O)c1ccc(OCCNCc2ccoc2)cc1. The molecule has 2 rings (SSSR count). The van der Waals surface area contributed by atoms with Crippen LogP contribution in [0.15, 0.2) is 52.4 Å². The van der Waals surface area contributed by atoms with Gasteiger partial charge in [0, 0.05) is 24.2 Å². The van der Waals surface area contributed by atoms with Crippen molar-refractivity contribution in [3.8, 4) is 5.75 Å². The first-order chi connectivity index (χ1) is 9.79. The van der Waals surface area contributed by atoms with E-state index in [1.54, 1.807) is 36.8 Å². The smallest absolute Gasteiger partial charge is 0.170 e. The third kappa shape index (κ3) is 4.03. The second kappa shape index (κ2) is 7.20. The Morgan fingerprint density at radius 1 is 1.30 bits per heavy atom. The quantitative estimate of drug-likeness (QED) is 0.234. The second-order valence-electron chi connectivity index (χ2n) is 4.17. The predicted octanol–water partition coefficient (Wildman–Crippen LogP) is 1.54. The van der Waals surface area contributed by atoms with Crippen LogP contribution in [-0.4, -0.2) is 24.2 Å². The Labute approximate surface area is 116 Å². The van der Waals surface area contributed by atoms with Gasteiger partial charge in [0.1, 0.15) is 12.4 Å². The molecule has 0 fully saturated rings.